The Morgan fingerprint density at radius 1 is 1.29 bits per heavy atom. The van der Waals surface area contributed by atoms with Crippen LogP contribution in [0.4, 0.5) is 4.39 Å². The van der Waals surface area contributed by atoms with Crippen LogP contribution in [0.25, 0.3) is 0 Å². The van der Waals surface area contributed by atoms with Crippen LogP contribution >= 0.6 is 11.3 Å². The second-order valence-electron chi connectivity index (χ2n) is 7.67. The third-order valence-electron chi connectivity index (χ3n) is 4.99. The van der Waals surface area contributed by atoms with E-state index in [1.54, 1.807) is 23.5 Å². The number of hydrogen-bond acceptors (Lipinski definition) is 2. The third-order valence-corrected chi connectivity index (χ3v) is 6.04. The standard InChI is InChI=1S/C20H24FNOS/c1-20(2,3)14-6-9-16-17(12-24-18(16)10-14)19(23)22-11-13-4-7-15(21)8-5-13/h4-5,7-8,12,14H,6,9-11H2,1-3H3,(H,22,23). The highest BCUT2D eigenvalue weighted by molar-refractivity contribution is 7.10. The summed E-state index contributed by atoms with van der Waals surface area (Å²) in [6, 6.07) is 6.24. The molecule has 1 unspecified atom stereocenters. The zero-order valence-electron chi connectivity index (χ0n) is 14.5. The summed E-state index contributed by atoms with van der Waals surface area (Å²) in [4.78, 5) is 13.9. The lowest BCUT2D eigenvalue weighted by molar-refractivity contribution is 0.0950. The van der Waals surface area contributed by atoms with E-state index >= 15 is 0 Å². The van der Waals surface area contributed by atoms with Crippen molar-refractivity contribution in [2.45, 2.75) is 46.6 Å². The molecule has 24 heavy (non-hydrogen) atoms. The molecule has 2 nitrogen and oxygen atoms in total. The van der Waals surface area contributed by atoms with Gasteiger partial charge in [-0.1, -0.05) is 32.9 Å². The van der Waals surface area contributed by atoms with E-state index in [1.807, 2.05) is 5.38 Å². The Morgan fingerprint density at radius 2 is 2.00 bits per heavy atom. The minimum Gasteiger partial charge on any atom is -0.348 e. The summed E-state index contributed by atoms with van der Waals surface area (Å²) in [5.74, 6) is 0.398. The number of nitrogens with one attached hydrogen (secondary N) is 1. The predicted octanol–water partition coefficient (Wildman–Crippen LogP) is 4.97. The molecule has 1 aromatic heterocycles. The Kier molecular flexibility index (Phi) is 4.77. The van der Waals surface area contributed by atoms with Gasteiger partial charge in [0, 0.05) is 16.8 Å². The number of halogens is 1. The number of fused-ring (bicyclic) bond motifs is 1. The second kappa shape index (κ2) is 6.67. The van der Waals surface area contributed by atoms with E-state index in [0.29, 0.717) is 17.9 Å². The summed E-state index contributed by atoms with van der Waals surface area (Å²) in [5, 5.41) is 4.95. The fraction of sp³-hybridized carbons (Fsp3) is 0.450. The SMILES string of the molecule is CC(C)(C)C1CCc2c(C(=O)NCc3ccc(F)cc3)csc2C1. The predicted molar refractivity (Wildman–Crippen MR) is 96.9 cm³/mol. The quantitative estimate of drug-likeness (QED) is 0.836. The number of thiophene rings is 1. The Hall–Kier alpha value is -1.68. The molecule has 0 saturated carbocycles. The van der Waals surface area contributed by atoms with E-state index in [2.05, 4.69) is 26.1 Å². The van der Waals surface area contributed by atoms with Crippen LogP contribution < -0.4 is 5.32 Å². The molecule has 0 saturated heterocycles. The molecule has 3 rings (SSSR count). The molecule has 0 bridgehead atoms. The molecule has 0 aliphatic heterocycles. The molecular weight excluding hydrogens is 321 g/mol. The smallest absolute Gasteiger partial charge is 0.252 e. The number of carbonyl (C=O) groups excluding carboxylic acids is 1. The van der Waals surface area contributed by atoms with Crippen molar-refractivity contribution in [3.8, 4) is 0 Å². The van der Waals surface area contributed by atoms with Gasteiger partial charge in [-0.3, -0.25) is 4.79 Å². The van der Waals surface area contributed by atoms with Crippen molar-refractivity contribution in [1.82, 2.24) is 5.32 Å². The molecule has 1 aliphatic rings. The van der Waals surface area contributed by atoms with Crippen LogP contribution in [0, 0.1) is 17.2 Å². The van der Waals surface area contributed by atoms with Gasteiger partial charge in [-0.15, -0.1) is 11.3 Å². The zero-order chi connectivity index (χ0) is 17.3. The van der Waals surface area contributed by atoms with Crippen molar-refractivity contribution in [1.29, 1.82) is 0 Å². The summed E-state index contributed by atoms with van der Waals surface area (Å²) in [6.45, 7) is 7.32. The third kappa shape index (κ3) is 3.69. The number of benzene rings is 1. The van der Waals surface area contributed by atoms with Gasteiger partial charge in [0.1, 0.15) is 5.82 Å². The zero-order valence-corrected chi connectivity index (χ0v) is 15.3. The summed E-state index contributed by atoms with van der Waals surface area (Å²) in [5.41, 5.74) is 3.27. The van der Waals surface area contributed by atoms with Crippen molar-refractivity contribution in [3.05, 3.63) is 57.0 Å². The van der Waals surface area contributed by atoms with Crippen molar-refractivity contribution < 1.29 is 9.18 Å². The molecular formula is C20H24FNOS. The molecule has 1 N–H and O–H groups in total. The maximum absolute atomic E-state index is 12.9. The molecule has 0 fully saturated rings. The topological polar surface area (TPSA) is 29.1 Å². The fourth-order valence-corrected chi connectivity index (χ4v) is 4.48. The van der Waals surface area contributed by atoms with Crippen molar-refractivity contribution in [2.24, 2.45) is 11.3 Å². The van der Waals surface area contributed by atoms with Crippen LogP contribution in [0.2, 0.25) is 0 Å². The summed E-state index contributed by atoms with van der Waals surface area (Å²) in [7, 11) is 0. The molecule has 0 radical (unpaired) electrons. The van der Waals surface area contributed by atoms with Gasteiger partial charge in [0.05, 0.1) is 5.56 Å². The average molecular weight is 345 g/mol. The van der Waals surface area contributed by atoms with E-state index in [-0.39, 0.29) is 11.7 Å². The molecule has 128 valence electrons. The second-order valence-corrected chi connectivity index (χ2v) is 8.63. The number of hydrogen-bond donors (Lipinski definition) is 1. The van der Waals surface area contributed by atoms with Gasteiger partial charge in [0.25, 0.3) is 5.91 Å². The van der Waals surface area contributed by atoms with Crippen LogP contribution in [0.15, 0.2) is 29.6 Å². The molecule has 0 spiro atoms. The normalized spacial score (nSPS) is 17.4. The highest BCUT2D eigenvalue weighted by atomic mass is 32.1. The molecule has 1 aromatic carbocycles. The first kappa shape index (κ1) is 17.2. The van der Waals surface area contributed by atoms with E-state index in [9.17, 15) is 9.18 Å². The van der Waals surface area contributed by atoms with E-state index in [1.165, 1.54) is 22.6 Å². The fourth-order valence-electron chi connectivity index (χ4n) is 3.32. The van der Waals surface area contributed by atoms with Gasteiger partial charge >= 0.3 is 0 Å². The largest absolute Gasteiger partial charge is 0.348 e. The summed E-state index contributed by atoms with van der Waals surface area (Å²) < 4.78 is 12.9. The van der Waals surface area contributed by atoms with Crippen LogP contribution in [-0.4, -0.2) is 5.91 Å². The minimum atomic E-state index is -0.259. The van der Waals surface area contributed by atoms with Gasteiger partial charge in [-0.2, -0.15) is 0 Å². The first-order valence-electron chi connectivity index (χ1n) is 8.46. The van der Waals surface area contributed by atoms with Crippen molar-refractivity contribution >= 4 is 17.2 Å². The van der Waals surface area contributed by atoms with Gasteiger partial charge in [-0.25, -0.2) is 4.39 Å². The lowest BCUT2D eigenvalue weighted by atomic mass is 9.72. The van der Waals surface area contributed by atoms with Gasteiger partial charge < -0.3 is 5.32 Å². The molecule has 1 heterocycles. The highest BCUT2D eigenvalue weighted by Gasteiger charge is 2.31. The number of rotatable bonds is 3. The van der Waals surface area contributed by atoms with Crippen molar-refractivity contribution in [2.75, 3.05) is 0 Å². The minimum absolute atomic E-state index is 0.0222. The summed E-state index contributed by atoms with van der Waals surface area (Å²) in [6.07, 6.45) is 3.21. The Bertz CT molecular complexity index is 727. The van der Waals surface area contributed by atoms with Gasteiger partial charge in [-0.05, 0) is 53.9 Å². The van der Waals surface area contributed by atoms with E-state index < -0.39 is 0 Å². The lowest BCUT2D eigenvalue weighted by Gasteiger charge is -2.34. The molecule has 1 aliphatic carbocycles. The van der Waals surface area contributed by atoms with Gasteiger partial charge in [0.2, 0.25) is 0 Å². The first-order valence-corrected chi connectivity index (χ1v) is 9.34. The lowest BCUT2D eigenvalue weighted by Crippen LogP contribution is -2.28. The highest BCUT2D eigenvalue weighted by Crippen LogP contribution is 2.40. The van der Waals surface area contributed by atoms with E-state index in [0.717, 1.165) is 30.4 Å². The Balaban J connectivity index is 1.67. The summed E-state index contributed by atoms with van der Waals surface area (Å²) >= 11 is 1.71. The monoisotopic (exact) mass is 345 g/mol. The Labute approximate surface area is 147 Å². The van der Waals surface area contributed by atoms with Crippen LogP contribution in [0.5, 0.6) is 0 Å². The number of carbonyl (C=O) groups is 1. The number of amides is 1. The van der Waals surface area contributed by atoms with Crippen LogP contribution in [0.3, 0.4) is 0 Å². The molecule has 2 aromatic rings. The van der Waals surface area contributed by atoms with E-state index in [4.69, 9.17) is 0 Å². The first-order chi connectivity index (χ1) is 11.3. The van der Waals surface area contributed by atoms with Crippen molar-refractivity contribution in [3.63, 3.8) is 0 Å². The maximum Gasteiger partial charge on any atom is 0.252 e. The van der Waals surface area contributed by atoms with Gasteiger partial charge in [0.15, 0.2) is 0 Å². The van der Waals surface area contributed by atoms with Crippen LogP contribution in [0.1, 0.15) is 53.6 Å². The maximum atomic E-state index is 12.9. The molecule has 4 heteroatoms. The molecule has 1 amide bonds. The Morgan fingerprint density at radius 3 is 2.67 bits per heavy atom. The van der Waals surface area contributed by atoms with Crippen LogP contribution in [-0.2, 0) is 19.4 Å². The molecule has 1 atom stereocenters. The average Bonchev–Trinajstić information content (AvgIpc) is 2.96.